The van der Waals surface area contributed by atoms with Crippen LogP contribution in [-0.2, 0) is 21.2 Å². The normalized spacial score (nSPS) is 14.6. The molecule has 0 aliphatic heterocycles. The van der Waals surface area contributed by atoms with Crippen molar-refractivity contribution in [2.45, 2.75) is 37.4 Å². The average molecular weight is 509 g/mol. The molecule has 36 heavy (non-hydrogen) atoms. The summed E-state index contributed by atoms with van der Waals surface area (Å²) in [6, 6.07) is 16.4. The Kier molecular flexibility index (Phi) is 5.01. The lowest BCUT2D eigenvalue weighted by molar-refractivity contribution is -0.136. The maximum absolute atomic E-state index is 13.8. The molecule has 0 amide bonds. The number of rotatable bonds is 7. The molecule has 7 nitrogen and oxygen atoms in total. The maximum atomic E-state index is 13.8. The Morgan fingerprint density at radius 2 is 1.78 bits per heavy atom. The SMILES string of the molecule is [2H]C(C(=O)O)C([2H])([2H])c1c(C(C)C)n(-c2ccc(F)cc2)c2cc3cnn(S(=O)(=O)c4ccccc4)c3cc12. The number of aryl methyl sites for hydroxylation is 1. The molecule has 5 rings (SSSR count). The quantitative estimate of drug-likeness (QED) is 0.313. The number of fused-ring (bicyclic) bond motifs is 2. The Hall–Kier alpha value is -3.98. The Labute approximate surface area is 211 Å². The Morgan fingerprint density at radius 1 is 1.08 bits per heavy atom. The Balaban J connectivity index is 1.92. The van der Waals surface area contributed by atoms with E-state index in [-0.39, 0.29) is 27.3 Å². The van der Waals surface area contributed by atoms with Crippen molar-refractivity contribution in [3.63, 3.8) is 0 Å². The zero-order valence-corrected chi connectivity index (χ0v) is 20.2. The van der Waals surface area contributed by atoms with E-state index in [4.69, 9.17) is 4.11 Å². The molecule has 184 valence electrons. The van der Waals surface area contributed by atoms with E-state index >= 15 is 0 Å². The van der Waals surface area contributed by atoms with Crippen molar-refractivity contribution in [3.05, 3.63) is 90.0 Å². The maximum Gasteiger partial charge on any atom is 0.303 e. The third-order valence-electron chi connectivity index (χ3n) is 5.90. The minimum Gasteiger partial charge on any atom is -0.481 e. The molecule has 0 spiro atoms. The van der Waals surface area contributed by atoms with Crippen LogP contribution in [0.1, 0.15) is 41.5 Å². The minimum atomic E-state index is -4.11. The molecular formula is C27H24FN3O4S. The third-order valence-corrected chi connectivity index (χ3v) is 7.51. The smallest absolute Gasteiger partial charge is 0.303 e. The zero-order chi connectivity index (χ0) is 28.3. The second-order valence-corrected chi connectivity index (χ2v) is 10.4. The van der Waals surface area contributed by atoms with Crippen molar-refractivity contribution in [1.29, 1.82) is 0 Å². The molecule has 0 saturated heterocycles. The van der Waals surface area contributed by atoms with E-state index in [0.29, 0.717) is 22.3 Å². The van der Waals surface area contributed by atoms with Crippen molar-refractivity contribution >= 4 is 37.8 Å². The fraction of sp³-hybridized carbons (Fsp3) is 0.185. The second-order valence-electron chi connectivity index (χ2n) is 8.59. The molecule has 0 radical (unpaired) electrons. The molecule has 2 aromatic heterocycles. The monoisotopic (exact) mass is 508 g/mol. The van der Waals surface area contributed by atoms with Crippen molar-refractivity contribution < 1.29 is 26.8 Å². The summed E-state index contributed by atoms with van der Waals surface area (Å²) in [5, 5.41) is 14.4. The molecule has 9 heteroatoms. The van der Waals surface area contributed by atoms with E-state index in [9.17, 15) is 22.7 Å². The number of hydrogen-bond acceptors (Lipinski definition) is 4. The van der Waals surface area contributed by atoms with Crippen LogP contribution in [0.5, 0.6) is 0 Å². The summed E-state index contributed by atoms with van der Waals surface area (Å²) in [7, 11) is -4.11. The van der Waals surface area contributed by atoms with Crippen LogP contribution >= 0.6 is 0 Å². The molecule has 0 aliphatic rings. The number of nitrogens with zero attached hydrogens (tertiary/aromatic N) is 3. The summed E-state index contributed by atoms with van der Waals surface area (Å²) in [5.74, 6) is -2.47. The van der Waals surface area contributed by atoms with Crippen LogP contribution in [-0.4, -0.2) is 33.2 Å². The predicted molar refractivity (Wildman–Crippen MR) is 136 cm³/mol. The van der Waals surface area contributed by atoms with Gasteiger partial charge in [0.25, 0.3) is 10.0 Å². The zero-order valence-electron chi connectivity index (χ0n) is 22.4. The largest absolute Gasteiger partial charge is 0.481 e. The van der Waals surface area contributed by atoms with E-state index in [1.807, 2.05) is 0 Å². The third kappa shape index (κ3) is 3.95. The van der Waals surface area contributed by atoms with Crippen molar-refractivity contribution in [1.82, 2.24) is 13.8 Å². The molecule has 2 heterocycles. The standard InChI is InChI=1S/C27H24FN3O4S/c1-17(2)27-22(12-13-26(32)33)23-15-24-18(14-25(23)30(27)20-10-8-19(28)9-11-20)16-29-31(24)36(34,35)21-6-4-3-5-7-21/h3-11,14-17H,12-13H2,1-2H3,(H,32,33)/i12D2,13D. The number of hydrogen-bond donors (Lipinski definition) is 1. The lowest BCUT2D eigenvalue weighted by Gasteiger charge is -2.15. The summed E-state index contributed by atoms with van der Waals surface area (Å²) in [6.07, 6.45) is -3.47. The van der Waals surface area contributed by atoms with Gasteiger partial charge in [-0.1, -0.05) is 32.0 Å². The summed E-state index contributed by atoms with van der Waals surface area (Å²) in [4.78, 5) is 11.8. The first-order valence-electron chi connectivity index (χ1n) is 12.7. The topological polar surface area (TPSA) is 94.2 Å². The van der Waals surface area contributed by atoms with Gasteiger partial charge in [-0.25, -0.2) is 4.39 Å². The van der Waals surface area contributed by atoms with Crippen LogP contribution in [0.3, 0.4) is 0 Å². The van der Waals surface area contributed by atoms with Gasteiger partial charge in [0.1, 0.15) is 5.82 Å². The van der Waals surface area contributed by atoms with E-state index in [0.717, 1.165) is 4.09 Å². The Morgan fingerprint density at radius 3 is 2.42 bits per heavy atom. The second kappa shape index (κ2) is 8.91. The molecule has 3 aromatic carbocycles. The Bertz CT molecular complexity index is 1830. The molecule has 1 N–H and O–H groups in total. The number of benzene rings is 3. The van der Waals surface area contributed by atoms with E-state index in [1.54, 1.807) is 42.7 Å². The van der Waals surface area contributed by atoms with Gasteiger partial charge in [-0.2, -0.15) is 17.6 Å². The van der Waals surface area contributed by atoms with Crippen molar-refractivity contribution in [2.75, 3.05) is 0 Å². The highest BCUT2D eigenvalue weighted by molar-refractivity contribution is 7.90. The van der Waals surface area contributed by atoms with Crippen LogP contribution < -0.4 is 0 Å². The van der Waals surface area contributed by atoms with E-state index in [2.05, 4.69) is 5.10 Å². The van der Waals surface area contributed by atoms with Gasteiger partial charge in [0.05, 0.1) is 22.1 Å². The molecule has 1 unspecified atom stereocenters. The van der Waals surface area contributed by atoms with E-state index < -0.39 is 34.6 Å². The van der Waals surface area contributed by atoms with Gasteiger partial charge in [-0.3, -0.25) is 4.79 Å². The molecule has 1 atom stereocenters. The van der Waals surface area contributed by atoms with Gasteiger partial charge in [-0.05, 0) is 66.4 Å². The highest BCUT2D eigenvalue weighted by Gasteiger charge is 2.25. The number of aromatic nitrogens is 3. The lowest BCUT2D eigenvalue weighted by Crippen LogP contribution is -2.14. The van der Waals surface area contributed by atoms with Gasteiger partial charge < -0.3 is 9.67 Å². The first kappa shape index (κ1) is 20.2. The number of carboxylic acids is 1. The van der Waals surface area contributed by atoms with Crippen LogP contribution in [0.4, 0.5) is 4.39 Å². The summed E-state index contributed by atoms with van der Waals surface area (Å²) in [6.45, 7) is 3.60. The molecule has 5 aromatic rings. The number of carbonyl (C=O) groups is 1. The van der Waals surface area contributed by atoms with Gasteiger partial charge in [0, 0.05) is 32.7 Å². The highest BCUT2D eigenvalue weighted by atomic mass is 32.2. The molecule has 0 fully saturated rings. The van der Waals surface area contributed by atoms with Gasteiger partial charge >= 0.3 is 5.97 Å². The highest BCUT2D eigenvalue weighted by Crippen LogP contribution is 2.37. The molecule has 0 aliphatic carbocycles. The fourth-order valence-corrected chi connectivity index (χ4v) is 5.68. The number of halogens is 1. The average Bonchev–Trinajstić information content (AvgIpc) is 3.47. The summed E-state index contributed by atoms with van der Waals surface area (Å²) < 4.78 is 69.0. The van der Waals surface area contributed by atoms with Crippen LogP contribution in [0.15, 0.2) is 77.8 Å². The van der Waals surface area contributed by atoms with Crippen LogP contribution in [0.25, 0.3) is 27.5 Å². The van der Waals surface area contributed by atoms with Crippen LogP contribution in [0.2, 0.25) is 0 Å². The fourth-order valence-electron chi connectivity index (χ4n) is 4.39. The molecule has 0 bridgehead atoms. The first-order valence-corrected chi connectivity index (χ1v) is 12.6. The van der Waals surface area contributed by atoms with Gasteiger partial charge in [0.15, 0.2) is 0 Å². The lowest BCUT2D eigenvalue weighted by atomic mass is 9.99. The first-order chi connectivity index (χ1) is 18.4. The predicted octanol–water partition coefficient (Wildman–Crippen LogP) is 5.50. The molecular weight excluding hydrogens is 481 g/mol. The molecule has 0 saturated carbocycles. The van der Waals surface area contributed by atoms with Crippen LogP contribution in [0, 0.1) is 5.82 Å². The number of aliphatic carboxylic acids is 1. The van der Waals surface area contributed by atoms with E-state index in [1.165, 1.54) is 48.7 Å². The van der Waals surface area contributed by atoms with Gasteiger partial charge in [0.2, 0.25) is 0 Å². The summed E-state index contributed by atoms with van der Waals surface area (Å²) >= 11 is 0. The van der Waals surface area contributed by atoms with Crippen molar-refractivity contribution in [2.24, 2.45) is 0 Å². The van der Waals surface area contributed by atoms with Crippen molar-refractivity contribution in [3.8, 4) is 5.69 Å². The van der Waals surface area contributed by atoms with Gasteiger partial charge in [-0.15, -0.1) is 0 Å². The minimum absolute atomic E-state index is 0.00880. The summed E-state index contributed by atoms with van der Waals surface area (Å²) in [5.41, 5.74) is 1.43. The number of carboxylic acid groups (broad SMARTS) is 1.